The summed E-state index contributed by atoms with van der Waals surface area (Å²) in [7, 11) is -3.33. The van der Waals surface area contributed by atoms with Gasteiger partial charge in [0.25, 0.3) is 0 Å². The van der Waals surface area contributed by atoms with Crippen molar-refractivity contribution in [3.05, 3.63) is 4.72 Å². The molecule has 0 atom stereocenters. The first-order valence-electron chi connectivity index (χ1n) is 3.94. The average molecular weight is 278 g/mol. The van der Waals surface area contributed by atoms with E-state index >= 15 is 0 Å². The molecule has 0 radical (unpaired) electrons. The molecule has 74 valence electrons. The zero-order valence-corrected chi connectivity index (χ0v) is 15.4. The summed E-state index contributed by atoms with van der Waals surface area (Å²) in [6, 6.07) is 0. The van der Waals surface area contributed by atoms with E-state index in [1.165, 1.54) is 0 Å². The van der Waals surface area contributed by atoms with Crippen molar-refractivity contribution in [1.29, 1.82) is 0 Å². The molecular weight excluding hydrogens is 260 g/mol. The normalized spacial score (nSPS) is 13.7. The molecule has 0 spiro atoms. The van der Waals surface area contributed by atoms with Crippen molar-refractivity contribution in [3.8, 4) is 0 Å². The van der Waals surface area contributed by atoms with E-state index in [1.807, 2.05) is 0 Å². The molecule has 0 aliphatic heterocycles. The van der Waals surface area contributed by atoms with Gasteiger partial charge in [-0.25, -0.2) is 8.42 Å². The van der Waals surface area contributed by atoms with Crippen LogP contribution in [0.4, 0.5) is 0 Å². The number of sulfonamides is 1. The van der Waals surface area contributed by atoms with E-state index in [2.05, 4.69) is 4.72 Å². The molecule has 0 rings (SSSR count). The van der Waals surface area contributed by atoms with Crippen molar-refractivity contribution in [2.75, 3.05) is 0 Å². The number of hydrogen-bond donors (Lipinski definition) is 0. The molecule has 0 amide bonds. The fourth-order valence-electron chi connectivity index (χ4n) is 0.497. The Morgan fingerprint density at radius 1 is 0.923 bits per heavy atom. The minimum Gasteiger partial charge on any atom is -0.544 e. The van der Waals surface area contributed by atoms with Gasteiger partial charge in [0.2, 0.25) is 0 Å². The van der Waals surface area contributed by atoms with Gasteiger partial charge in [0, 0.05) is 4.75 Å². The Morgan fingerprint density at radius 2 is 1.23 bits per heavy atom. The first-order valence-corrected chi connectivity index (χ1v) is 5.38. The maximum atomic E-state index is 11.5. The van der Waals surface area contributed by atoms with Gasteiger partial charge in [-0.2, -0.15) is 0 Å². The van der Waals surface area contributed by atoms with Crippen LogP contribution in [0.1, 0.15) is 41.5 Å². The smallest absolute Gasteiger partial charge is 0.544 e. The standard InChI is InChI=1S/C8H18NO2S.Rb/c1-7(2,3)9-12(10,11)8(4,5)6;/h1-6H3;/q-1;+1. The second-order valence-electron chi connectivity index (χ2n) is 4.85. The van der Waals surface area contributed by atoms with Crippen LogP contribution < -0.4 is 58.2 Å². The van der Waals surface area contributed by atoms with Crippen LogP contribution in [-0.4, -0.2) is 18.7 Å². The summed E-state index contributed by atoms with van der Waals surface area (Å²) in [6.45, 7) is 10.3. The van der Waals surface area contributed by atoms with Crippen LogP contribution in [0, 0.1) is 0 Å². The molecule has 0 heterocycles. The Hall–Kier alpha value is 1.72. The molecule has 13 heavy (non-hydrogen) atoms. The second kappa shape index (κ2) is 5.17. The first kappa shape index (κ1) is 17.1. The van der Waals surface area contributed by atoms with Gasteiger partial charge in [-0.05, 0) is 20.8 Å². The monoisotopic (exact) mass is 277 g/mol. The van der Waals surface area contributed by atoms with E-state index in [0.29, 0.717) is 0 Å². The largest absolute Gasteiger partial charge is 1.00 e. The molecule has 0 bridgehead atoms. The quantitative estimate of drug-likeness (QED) is 0.636. The van der Waals surface area contributed by atoms with Crippen molar-refractivity contribution in [3.63, 3.8) is 0 Å². The summed E-state index contributed by atoms with van der Waals surface area (Å²) < 4.78 is 26.0. The summed E-state index contributed by atoms with van der Waals surface area (Å²) in [5.41, 5.74) is -0.522. The molecule has 0 aromatic carbocycles. The van der Waals surface area contributed by atoms with Crippen LogP contribution >= 0.6 is 0 Å². The molecule has 0 aliphatic carbocycles. The van der Waals surface area contributed by atoms with E-state index in [9.17, 15) is 8.42 Å². The maximum Gasteiger partial charge on any atom is 1.00 e. The number of rotatable bonds is 1. The van der Waals surface area contributed by atoms with Crippen molar-refractivity contribution in [2.24, 2.45) is 0 Å². The predicted molar refractivity (Wildman–Crippen MR) is 51.8 cm³/mol. The molecular formula is C8H18NO2RbS. The number of hydrogen-bond acceptors (Lipinski definition) is 2. The van der Waals surface area contributed by atoms with Crippen LogP contribution in [0.2, 0.25) is 0 Å². The molecule has 3 nitrogen and oxygen atoms in total. The summed E-state index contributed by atoms with van der Waals surface area (Å²) in [6.07, 6.45) is 0. The molecule has 0 saturated carbocycles. The second-order valence-corrected chi connectivity index (χ2v) is 7.21. The Morgan fingerprint density at radius 3 is 1.31 bits per heavy atom. The zero-order valence-electron chi connectivity index (χ0n) is 9.67. The van der Waals surface area contributed by atoms with Crippen molar-refractivity contribution >= 4 is 10.0 Å². The van der Waals surface area contributed by atoms with E-state index in [4.69, 9.17) is 0 Å². The fraction of sp³-hybridized carbons (Fsp3) is 1.00. The van der Waals surface area contributed by atoms with Crippen LogP contribution in [-0.2, 0) is 10.0 Å². The Labute approximate surface area is 131 Å². The van der Waals surface area contributed by atoms with Gasteiger partial charge in [-0.15, -0.1) is 5.54 Å². The van der Waals surface area contributed by atoms with Crippen LogP contribution in [0.15, 0.2) is 0 Å². The summed E-state index contributed by atoms with van der Waals surface area (Å²) in [5, 5.41) is 0. The Balaban J connectivity index is 0. The average Bonchev–Trinajstić information content (AvgIpc) is 1.52. The van der Waals surface area contributed by atoms with Gasteiger partial charge >= 0.3 is 58.2 Å². The van der Waals surface area contributed by atoms with E-state index in [0.717, 1.165) is 0 Å². The SMILES string of the molecule is CC(C)(C)[N-]S(=O)(=O)C(C)(C)C.[Rb+]. The Bertz CT molecular complexity index is 246. The van der Waals surface area contributed by atoms with Gasteiger partial charge in [0.15, 0.2) is 0 Å². The summed E-state index contributed by atoms with van der Waals surface area (Å²) in [5.74, 6) is 0. The molecule has 0 fully saturated rings. The van der Waals surface area contributed by atoms with Gasteiger partial charge in [-0.1, -0.05) is 20.8 Å². The third-order valence-electron chi connectivity index (χ3n) is 1.17. The van der Waals surface area contributed by atoms with E-state index < -0.39 is 20.3 Å². The predicted octanol–water partition coefficient (Wildman–Crippen LogP) is -0.709. The zero-order chi connectivity index (χ0) is 10.2. The van der Waals surface area contributed by atoms with Gasteiger partial charge in [0.05, 0.1) is 10.0 Å². The van der Waals surface area contributed by atoms with Gasteiger partial charge in [0.1, 0.15) is 0 Å². The number of nitrogens with zero attached hydrogens (tertiary/aromatic N) is 1. The van der Waals surface area contributed by atoms with Crippen molar-refractivity contribution < 1.29 is 66.6 Å². The molecule has 0 aliphatic rings. The van der Waals surface area contributed by atoms with Crippen LogP contribution in [0.5, 0.6) is 0 Å². The minimum atomic E-state index is -3.33. The fourth-order valence-corrected chi connectivity index (χ4v) is 1.49. The molecule has 0 aromatic heterocycles. The maximum absolute atomic E-state index is 11.5. The first-order chi connectivity index (χ1) is 4.96. The molecule has 0 aromatic rings. The molecule has 0 unspecified atom stereocenters. The van der Waals surface area contributed by atoms with Gasteiger partial charge < -0.3 is 4.72 Å². The Kier molecular flexibility index (Phi) is 6.81. The molecule has 5 heteroatoms. The van der Waals surface area contributed by atoms with Crippen molar-refractivity contribution in [1.82, 2.24) is 0 Å². The van der Waals surface area contributed by atoms with Crippen LogP contribution in [0.3, 0.4) is 0 Å². The minimum absolute atomic E-state index is 0. The molecule has 0 N–H and O–H groups in total. The van der Waals surface area contributed by atoms with E-state index in [-0.39, 0.29) is 58.2 Å². The summed E-state index contributed by atoms with van der Waals surface area (Å²) >= 11 is 0. The van der Waals surface area contributed by atoms with Gasteiger partial charge in [-0.3, -0.25) is 0 Å². The van der Waals surface area contributed by atoms with Crippen LogP contribution in [0.25, 0.3) is 4.72 Å². The van der Waals surface area contributed by atoms with Crippen molar-refractivity contribution in [2.45, 2.75) is 51.8 Å². The third-order valence-corrected chi connectivity index (χ3v) is 3.50. The third kappa shape index (κ3) is 6.74. The molecule has 0 saturated heterocycles. The van der Waals surface area contributed by atoms with E-state index in [1.54, 1.807) is 41.5 Å². The topological polar surface area (TPSA) is 48.2 Å². The summed E-state index contributed by atoms with van der Waals surface area (Å²) in [4.78, 5) is 0.